The van der Waals surface area contributed by atoms with E-state index in [4.69, 9.17) is 0 Å². The summed E-state index contributed by atoms with van der Waals surface area (Å²) in [5.41, 5.74) is 0. The van der Waals surface area contributed by atoms with Crippen molar-refractivity contribution in [3.05, 3.63) is 0 Å². The summed E-state index contributed by atoms with van der Waals surface area (Å²) in [4.78, 5) is 4.58. The highest BCUT2D eigenvalue weighted by Crippen LogP contribution is 2.13. The molecule has 0 N–H and O–H groups in total. The fraction of sp³-hybridized carbons (Fsp3) is 1.00. The summed E-state index contributed by atoms with van der Waals surface area (Å²) in [6.45, 7) is 7.10. The molecular weight excluding hydrogens is 436 g/mol. The lowest BCUT2D eigenvalue weighted by Crippen LogP contribution is -2.12. The molecule has 2 nitrogen and oxygen atoms in total. The van der Waals surface area contributed by atoms with Gasteiger partial charge in [-0.15, -0.1) is 0 Å². The summed E-state index contributed by atoms with van der Waals surface area (Å²) >= 11 is 0. The van der Waals surface area contributed by atoms with Crippen LogP contribution in [0.1, 0.15) is 181 Å². The molecule has 0 amide bonds. The summed E-state index contributed by atoms with van der Waals surface area (Å²) in [6, 6.07) is 0. The Morgan fingerprint density at radius 1 is 0.250 bits per heavy atom. The van der Waals surface area contributed by atoms with Gasteiger partial charge in [0.15, 0.2) is 0 Å². The predicted molar refractivity (Wildman–Crippen MR) is 168 cm³/mol. The molecule has 36 heavy (non-hydrogen) atoms. The average molecular weight is 511 g/mol. The molecule has 0 saturated heterocycles. The number of hydrogen-bond acceptors (Lipinski definition) is 2. The molecule has 0 aliphatic heterocycles. The van der Waals surface area contributed by atoms with Crippen molar-refractivity contribution in [3.8, 4) is 0 Å². The van der Waals surface area contributed by atoms with E-state index >= 15 is 0 Å². The first-order chi connectivity index (χ1) is 17.5. The standard InChI is InChI=1S/C18H39N.C16H35N/c1-4-5-6-7-8-9-10-11-12-13-14-15-16-17-18-19(2)3;1-4-5-6-7-8-9-10-11-12-13-14-15-16-17(2)3/h4-18H2,1-3H3;4-16H2,1-3H3. The Morgan fingerprint density at radius 3 is 0.583 bits per heavy atom. The minimum absolute atomic E-state index is 1.26. The molecule has 0 bridgehead atoms. The molecular formula is C34H74N2. The second-order valence-corrected chi connectivity index (χ2v) is 12.1. The lowest BCUT2D eigenvalue weighted by Gasteiger charge is -2.08. The van der Waals surface area contributed by atoms with Crippen LogP contribution in [0.5, 0.6) is 0 Å². The van der Waals surface area contributed by atoms with Crippen LogP contribution >= 0.6 is 0 Å². The van der Waals surface area contributed by atoms with E-state index in [2.05, 4.69) is 51.8 Å². The molecule has 0 atom stereocenters. The van der Waals surface area contributed by atoms with Gasteiger partial charge in [-0.05, 0) is 54.1 Å². The Labute approximate surface area is 231 Å². The lowest BCUT2D eigenvalue weighted by atomic mass is 10.0. The van der Waals surface area contributed by atoms with E-state index in [1.54, 1.807) is 0 Å². The minimum atomic E-state index is 1.26. The quantitative estimate of drug-likeness (QED) is 0.0965. The van der Waals surface area contributed by atoms with Crippen LogP contribution in [0, 0.1) is 0 Å². The molecule has 0 aromatic rings. The summed E-state index contributed by atoms with van der Waals surface area (Å²) < 4.78 is 0. The molecule has 220 valence electrons. The Bertz CT molecular complexity index is 353. The predicted octanol–water partition coefficient (Wildman–Crippen LogP) is 11.3. The molecule has 0 fully saturated rings. The maximum Gasteiger partial charge on any atom is -0.00248 e. The highest BCUT2D eigenvalue weighted by atomic mass is 15.0. The van der Waals surface area contributed by atoms with Crippen molar-refractivity contribution in [1.29, 1.82) is 0 Å². The van der Waals surface area contributed by atoms with Gasteiger partial charge < -0.3 is 9.80 Å². The first-order valence-corrected chi connectivity index (χ1v) is 16.8. The SMILES string of the molecule is CCCCCCCCCCCCCCCCN(C)C.CCCCCCCCCCCCCCN(C)C. The fourth-order valence-corrected chi connectivity index (χ4v) is 4.89. The maximum atomic E-state index is 2.29. The molecule has 0 unspecified atom stereocenters. The molecule has 0 aliphatic rings. The first kappa shape index (κ1) is 38.1. The summed E-state index contributed by atoms with van der Waals surface area (Å²) in [7, 11) is 8.67. The van der Waals surface area contributed by atoms with Gasteiger partial charge in [0.2, 0.25) is 0 Å². The zero-order valence-corrected chi connectivity index (χ0v) is 26.7. The third-order valence-electron chi connectivity index (χ3n) is 7.42. The molecule has 0 aliphatic carbocycles. The molecule has 0 spiro atoms. The molecule has 0 saturated carbocycles. The Hall–Kier alpha value is -0.0800. The van der Waals surface area contributed by atoms with Gasteiger partial charge in [-0.25, -0.2) is 0 Å². The second-order valence-electron chi connectivity index (χ2n) is 12.1. The van der Waals surface area contributed by atoms with Gasteiger partial charge in [-0.1, -0.05) is 168 Å². The summed E-state index contributed by atoms with van der Waals surface area (Å²) in [5, 5.41) is 0. The zero-order valence-electron chi connectivity index (χ0n) is 26.7. The van der Waals surface area contributed by atoms with E-state index in [-0.39, 0.29) is 0 Å². The van der Waals surface area contributed by atoms with Crippen molar-refractivity contribution in [2.75, 3.05) is 41.3 Å². The van der Waals surface area contributed by atoms with Gasteiger partial charge in [0, 0.05) is 0 Å². The minimum Gasteiger partial charge on any atom is -0.309 e. The molecule has 2 heteroatoms. The molecule has 0 aromatic carbocycles. The number of hydrogen-bond donors (Lipinski definition) is 0. The number of rotatable bonds is 28. The third-order valence-corrected chi connectivity index (χ3v) is 7.42. The third kappa shape index (κ3) is 41.1. The van der Waals surface area contributed by atoms with E-state index in [1.807, 2.05) is 0 Å². The largest absolute Gasteiger partial charge is 0.309 e. The average Bonchev–Trinajstić information content (AvgIpc) is 2.85. The van der Waals surface area contributed by atoms with Crippen LogP contribution in [0.4, 0.5) is 0 Å². The van der Waals surface area contributed by atoms with Gasteiger partial charge in [0.05, 0.1) is 0 Å². The van der Waals surface area contributed by atoms with Gasteiger partial charge in [0.1, 0.15) is 0 Å². The van der Waals surface area contributed by atoms with Crippen LogP contribution in [0.2, 0.25) is 0 Å². The maximum absolute atomic E-state index is 2.29. The Kier molecular flexibility index (Phi) is 36.9. The van der Waals surface area contributed by atoms with Crippen molar-refractivity contribution in [2.24, 2.45) is 0 Å². The molecule has 0 heterocycles. The molecule has 0 rings (SSSR count). The summed E-state index contributed by atoms with van der Waals surface area (Å²) in [5.74, 6) is 0. The number of nitrogens with zero attached hydrogens (tertiary/aromatic N) is 2. The van der Waals surface area contributed by atoms with Crippen LogP contribution in [0.3, 0.4) is 0 Å². The van der Waals surface area contributed by atoms with Crippen LogP contribution in [-0.2, 0) is 0 Å². The van der Waals surface area contributed by atoms with Crippen LogP contribution in [0.25, 0.3) is 0 Å². The Morgan fingerprint density at radius 2 is 0.417 bits per heavy atom. The van der Waals surface area contributed by atoms with E-state index in [0.717, 1.165) is 0 Å². The van der Waals surface area contributed by atoms with E-state index in [1.165, 1.54) is 180 Å². The lowest BCUT2D eigenvalue weighted by molar-refractivity contribution is 0.389. The highest BCUT2D eigenvalue weighted by molar-refractivity contribution is 4.51. The van der Waals surface area contributed by atoms with Gasteiger partial charge in [-0.3, -0.25) is 0 Å². The monoisotopic (exact) mass is 511 g/mol. The highest BCUT2D eigenvalue weighted by Gasteiger charge is 1.95. The normalized spacial score (nSPS) is 11.3. The fourth-order valence-electron chi connectivity index (χ4n) is 4.89. The summed E-state index contributed by atoms with van der Waals surface area (Å²) in [6.07, 6.45) is 37.6. The smallest absolute Gasteiger partial charge is 0.00248 e. The van der Waals surface area contributed by atoms with Crippen LogP contribution in [-0.4, -0.2) is 51.1 Å². The number of unbranched alkanes of at least 4 members (excludes halogenated alkanes) is 24. The van der Waals surface area contributed by atoms with Crippen LogP contribution < -0.4 is 0 Å². The topological polar surface area (TPSA) is 6.48 Å². The van der Waals surface area contributed by atoms with Crippen molar-refractivity contribution in [3.63, 3.8) is 0 Å². The van der Waals surface area contributed by atoms with E-state index in [0.29, 0.717) is 0 Å². The molecule has 0 aromatic heterocycles. The van der Waals surface area contributed by atoms with Crippen molar-refractivity contribution < 1.29 is 0 Å². The Balaban J connectivity index is 0. The van der Waals surface area contributed by atoms with Gasteiger partial charge in [-0.2, -0.15) is 0 Å². The zero-order chi connectivity index (χ0) is 27.0. The van der Waals surface area contributed by atoms with E-state index in [9.17, 15) is 0 Å². The van der Waals surface area contributed by atoms with Crippen LogP contribution in [0.15, 0.2) is 0 Å². The van der Waals surface area contributed by atoms with Gasteiger partial charge in [0.25, 0.3) is 0 Å². The second kappa shape index (κ2) is 34.9. The van der Waals surface area contributed by atoms with E-state index < -0.39 is 0 Å². The van der Waals surface area contributed by atoms with Crippen molar-refractivity contribution in [2.45, 2.75) is 181 Å². The van der Waals surface area contributed by atoms with Gasteiger partial charge >= 0.3 is 0 Å². The van der Waals surface area contributed by atoms with Crippen molar-refractivity contribution >= 4 is 0 Å². The first-order valence-electron chi connectivity index (χ1n) is 16.8. The van der Waals surface area contributed by atoms with Crippen molar-refractivity contribution in [1.82, 2.24) is 9.80 Å². The molecule has 0 radical (unpaired) electrons.